The summed E-state index contributed by atoms with van der Waals surface area (Å²) in [7, 11) is 0. The molecular formula is C16H18FN3O4. The predicted octanol–water partition coefficient (Wildman–Crippen LogP) is 1.41. The van der Waals surface area contributed by atoms with Crippen molar-refractivity contribution in [1.82, 2.24) is 5.32 Å². The summed E-state index contributed by atoms with van der Waals surface area (Å²) in [5, 5.41) is 2.58. The molecule has 0 aromatic heterocycles. The van der Waals surface area contributed by atoms with Crippen molar-refractivity contribution >= 4 is 29.3 Å². The maximum Gasteiger partial charge on any atom is 0.414 e. The fourth-order valence-corrected chi connectivity index (χ4v) is 2.88. The number of amides is 3. The molecule has 1 atom stereocenters. The second-order valence-electron chi connectivity index (χ2n) is 5.84. The second kappa shape index (κ2) is 6.46. The summed E-state index contributed by atoms with van der Waals surface area (Å²) in [6.45, 7) is 2.31. The smallest absolute Gasteiger partial charge is 0.414 e. The van der Waals surface area contributed by atoms with Gasteiger partial charge in [0.05, 0.1) is 24.5 Å². The fourth-order valence-electron chi connectivity index (χ4n) is 2.88. The largest absolute Gasteiger partial charge is 0.442 e. The van der Waals surface area contributed by atoms with Gasteiger partial charge in [-0.25, -0.2) is 9.18 Å². The first-order chi connectivity index (χ1) is 11.5. The van der Waals surface area contributed by atoms with Gasteiger partial charge in [0.1, 0.15) is 11.9 Å². The van der Waals surface area contributed by atoms with Crippen molar-refractivity contribution in [3.8, 4) is 0 Å². The number of ether oxygens (including phenoxy) is 1. The van der Waals surface area contributed by atoms with Crippen LogP contribution >= 0.6 is 0 Å². The number of cyclic esters (lactones) is 1. The number of hydrogen-bond acceptors (Lipinski definition) is 4. The summed E-state index contributed by atoms with van der Waals surface area (Å²) in [6, 6.07) is 4.32. The van der Waals surface area contributed by atoms with Crippen LogP contribution in [0.4, 0.5) is 20.6 Å². The number of benzene rings is 1. The third-order valence-electron chi connectivity index (χ3n) is 4.06. The summed E-state index contributed by atoms with van der Waals surface area (Å²) >= 11 is 0. The third kappa shape index (κ3) is 3.17. The van der Waals surface area contributed by atoms with Crippen LogP contribution in [0.1, 0.15) is 19.8 Å². The number of anilines is 2. The van der Waals surface area contributed by atoms with E-state index in [0.29, 0.717) is 25.1 Å². The van der Waals surface area contributed by atoms with E-state index in [4.69, 9.17) is 4.74 Å². The van der Waals surface area contributed by atoms with Crippen LogP contribution in [0.5, 0.6) is 0 Å². The van der Waals surface area contributed by atoms with Crippen LogP contribution in [0.25, 0.3) is 0 Å². The van der Waals surface area contributed by atoms with Crippen LogP contribution in [0.3, 0.4) is 0 Å². The van der Waals surface area contributed by atoms with Crippen molar-refractivity contribution in [3.63, 3.8) is 0 Å². The van der Waals surface area contributed by atoms with Crippen LogP contribution in [0.2, 0.25) is 0 Å². The van der Waals surface area contributed by atoms with Crippen LogP contribution in [0, 0.1) is 5.82 Å². The van der Waals surface area contributed by atoms with Crippen molar-refractivity contribution in [2.45, 2.75) is 25.9 Å². The van der Waals surface area contributed by atoms with Crippen molar-refractivity contribution in [2.24, 2.45) is 0 Å². The molecule has 0 aliphatic carbocycles. The number of rotatable bonds is 4. The topological polar surface area (TPSA) is 79.0 Å². The quantitative estimate of drug-likeness (QED) is 0.902. The number of carbonyl (C=O) groups excluding carboxylic acids is 3. The van der Waals surface area contributed by atoms with Gasteiger partial charge in [-0.3, -0.25) is 14.5 Å². The molecule has 8 heteroatoms. The van der Waals surface area contributed by atoms with E-state index in [-0.39, 0.29) is 30.6 Å². The minimum Gasteiger partial charge on any atom is -0.442 e. The Morgan fingerprint density at radius 1 is 1.38 bits per heavy atom. The van der Waals surface area contributed by atoms with Gasteiger partial charge in [-0.2, -0.15) is 0 Å². The molecule has 0 radical (unpaired) electrons. The van der Waals surface area contributed by atoms with E-state index in [9.17, 15) is 18.8 Å². The lowest BCUT2D eigenvalue weighted by Gasteiger charge is -2.19. The summed E-state index contributed by atoms with van der Waals surface area (Å²) < 4.78 is 19.5. The lowest BCUT2D eigenvalue weighted by Crippen LogP contribution is -2.33. The van der Waals surface area contributed by atoms with E-state index < -0.39 is 18.0 Å². The monoisotopic (exact) mass is 335 g/mol. The van der Waals surface area contributed by atoms with E-state index >= 15 is 0 Å². The van der Waals surface area contributed by atoms with Gasteiger partial charge in [-0.1, -0.05) is 0 Å². The molecule has 0 saturated carbocycles. The van der Waals surface area contributed by atoms with Gasteiger partial charge in [0, 0.05) is 19.9 Å². The lowest BCUT2D eigenvalue weighted by molar-refractivity contribution is -0.119. The molecule has 128 valence electrons. The molecule has 7 nitrogen and oxygen atoms in total. The van der Waals surface area contributed by atoms with Crippen LogP contribution < -0.4 is 15.1 Å². The van der Waals surface area contributed by atoms with Gasteiger partial charge in [-0.15, -0.1) is 0 Å². The van der Waals surface area contributed by atoms with Crippen LogP contribution in [-0.4, -0.2) is 43.6 Å². The zero-order valence-corrected chi connectivity index (χ0v) is 13.3. The first-order valence-electron chi connectivity index (χ1n) is 7.78. The third-order valence-corrected chi connectivity index (χ3v) is 4.06. The Kier molecular flexibility index (Phi) is 4.37. The van der Waals surface area contributed by atoms with Crippen LogP contribution in [0.15, 0.2) is 18.2 Å². The molecule has 0 bridgehead atoms. The Morgan fingerprint density at radius 2 is 2.17 bits per heavy atom. The zero-order chi connectivity index (χ0) is 17.3. The maximum atomic E-state index is 14.4. The fraction of sp³-hybridized carbons (Fsp3) is 0.438. The normalized spacial score (nSPS) is 20.5. The molecule has 1 aromatic rings. The summed E-state index contributed by atoms with van der Waals surface area (Å²) in [6.07, 6.45) is 0.0624. The summed E-state index contributed by atoms with van der Waals surface area (Å²) in [5.41, 5.74) is 0.585. The lowest BCUT2D eigenvalue weighted by atomic mass is 10.2. The minimum absolute atomic E-state index is 0.0994. The van der Waals surface area contributed by atoms with Gasteiger partial charge in [0.2, 0.25) is 11.8 Å². The number of hydrogen-bond donors (Lipinski definition) is 1. The summed E-state index contributed by atoms with van der Waals surface area (Å²) in [4.78, 5) is 37.3. The molecule has 1 N–H and O–H groups in total. The Balaban J connectivity index is 1.73. The number of halogens is 1. The first kappa shape index (κ1) is 16.2. The molecule has 0 unspecified atom stereocenters. The van der Waals surface area contributed by atoms with Gasteiger partial charge >= 0.3 is 6.09 Å². The molecule has 3 rings (SSSR count). The van der Waals surface area contributed by atoms with E-state index in [1.54, 1.807) is 6.07 Å². The van der Waals surface area contributed by atoms with Crippen molar-refractivity contribution in [1.29, 1.82) is 0 Å². The van der Waals surface area contributed by atoms with E-state index in [0.717, 1.165) is 0 Å². The van der Waals surface area contributed by atoms with Crippen LogP contribution in [-0.2, 0) is 14.3 Å². The average Bonchev–Trinajstić information content (AvgIpc) is 3.11. The highest BCUT2D eigenvalue weighted by atomic mass is 19.1. The Bertz CT molecular complexity index is 694. The van der Waals surface area contributed by atoms with E-state index in [1.165, 1.54) is 28.9 Å². The molecule has 3 amide bonds. The highest BCUT2D eigenvalue weighted by Crippen LogP contribution is 2.30. The molecule has 2 fully saturated rings. The summed E-state index contributed by atoms with van der Waals surface area (Å²) in [5.74, 6) is -0.867. The minimum atomic E-state index is -0.588. The number of nitrogens with one attached hydrogen (secondary N) is 1. The van der Waals surface area contributed by atoms with Gasteiger partial charge in [-0.05, 0) is 24.6 Å². The molecule has 2 saturated heterocycles. The maximum absolute atomic E-state index is 14.4. The van der Waals surface area contributed by atoms with E-state index in [2.05, 4.69) is 5.32 Å². The first-order valence-corrected chi connectivity index (χ1v) is 7.78. The number of carbonyl (C=O) groups is 3. The highest BCUT2D eigenvalue weighted by molar-refractivity contribution is 5.96. The Hall–Kier alpha value is -2.64. The average molecular weight is 335 g/mol. The second-order valence-corrected chi connectivity index (χ2v) is 5.84. The van der Waals surface area contributed by atoms with Crippen molar-refractivity contribution in [3.05, 3.63) is 24.0 Å². The zero-order valence-electron chi connectivity index (χ0n) is 13.3. The molecule has 0 spiro atoms. The molecule has 2 aliphatic heterocycles. The standard InChI is InChI=1S/C16H18FN3O4/c1-10(21)18-8-12-9-20(16(23)24-12)11-4-5-14(13(17)7-11)19-6-2-3-15(19)22/h4-5,7,12H,2-3,6,8-9H2,1H3,(H,18,21)/t12-/m0/s1. The van der Waals surface area contributed by atoms with Gasteiger partial charge in [0.15, 0.2) is 0 Å². The van der Waals surface area contributed by atoms with E-state index in [1.807, 2.05) is 0 Å². The Morgan fingerprint density at radius 3 is 2.79 bits per heavy atom. The molecule has 2 heterocycles. The molecule has 1 aromatic carbocycles. The highest BCUT2D eigenvalue weighted by Gasteiger charge is 2.33. The molecule has 24 heavy (non-hydrogen) atoms. The van der Waals surface area contributed by atoms with Crippen molar-refractivity contribution in [2.75, 3.05) is 29.4 Å². The molecule has 2 aliphatic rings. The predicted molar refractivity (Wildman–Crippen MR) is 84.3 cm³/mol. The SMILES string of the molecule is CC(=O)NC[C@H]1CN(c2ccc(N3CCCC3=O)c(F)c2)C(=O)O1. The number of nitrogens with zero attached hydrogens (tertiary/aromatic N) is 2. The van der Waals surface area contributed by atoms with Gasteiger partial charge in [0.25, 0.3) is 0 Å². The molecular weight excluding hydrogens is 317 g/mol. The van der Waals surface area contributed by atoms with Crippen molar-refractivity contribution < 1.29 is 23.5 Å². The van der Waals surface area contributed by atoms with Gasteiger partial charge < -0.3 is 15.0 Å². The Labute approximate surface area is 138 Å².